The molecule has 6 nitrogen and oxygen atoms in total. The van der Waals surface area contributed by atoms with E-state index >= 15 is 0 Å². The Kier molecular flexibility index (Phi) is 5.75. The monoisotopic (exact) mass is 383 g/mol. The molecule has 1 aromatic heterocycles. The number of nitrogens with one attached hydrogen (secondary N) is 1. The number of aromatic nitrogens is 1. The molecule has 0 aliphatic carbocycles. The SMILES string of the molecule is CN(C)CCCNc1cc2c(cc1F)c(=O)c(C(=O)O)cn2-c1ccccc1. The highest BCUT2D eigenvalue weighted by Crippen LogP contribution is 2.24. The second-order valence-electron chi connectivity index (χ2n) is 6.82. The van der Waals surface area contributed by atoms with E-state index in [0.717, 1.165) is 19.0 Å². The number of carboxylic acid groups (broad SMARTS) is 1. The highest BCUT2D eigenvalue weighted by molar-refractivity contribution is 5.94. The summed E-state index contributed by atoms with van der Waals surface area (Å²) in [6.45, 7) is 1.43. The van der Waals surface area contributed by atoms with Gasteiger partial charge >= 0.3 is 5.97 Å². The first kappa shape index (κ1) is 19.6. The largest absolute Gasteiger partial charge is 0.477 e. The van der Waals surface area contributed by atoms with E-state index in [1.807, 2.05) is 37.2 Å². The van der Waals surface area contributed by atoms with Crippen molar-refractivity contribution in [2.45, 2.75) is 6.42 Å². The van der Waals surface area contributed by atoms with Gasteiger partial charge in [-0.25, -0.2) is 9.18 Å². The highest BCUT2D eigenvalue weighted by Gasteiger charge is 2.17. The summed E-state index contributed by atoms with van der Waals surface area (Å²) in [5.41, 5.74) is 0.298. The lowest BCUT2D eigenvalue weighted by molar-refractivity contribution is 0.0695. The van der Waals surface area contributed by atoms with Gasteiger partial charge < -0.3 is 19.9 Å². The number of rotatable bonds is 7. The maximum absolute atomic E-state index is 14.6. The molecule has 0 bridgehead atoms. The Labute approximate surface area is 161 Å². The molecule has 0 radical (unpaired) electrons. The van der Waals surface area contributed by atoms with E-state index in [1.165, 1.54) is 6.20 Å². The van der Waals surface area contributed by atoms with Crippen LogP contribution in [0.15, 0.2) is 53.5 Å². The molecule has 2 aromatic carbocycles. The van der Waals surface area contributed by atoms with Gasteiger partial charge in [-0.1, -0.05) is 18.2 Å². The van der Waals surface area contributed by atoms with Crippen molar-refractivity contribution >= 4 is 22.6 Å². The van der Waals surface area contributed by atoms with Crippen molar-refractivity contribution in [3.05, 3.63) is 70.3 Å². The van der Waals surface area contributed by atoms with Crippen LogP contribution >= 0.6 is 0 Å². The Balaban J connectivity index is 2.13. The van der Waals surface area contributed by atoms with Crippen LogP contribution in [0, 0.1) is 5.82 Å². The summed E-state index contributed by atoms with van der Waals surface area (Å²) in [5.74, 6) is -1.93. The molecule has 7 heteroatoms. The van der Waals surface area contributed by atoms with Crippen molar-refractivity contribution < 1.29 is 14.3 Å². The zero-order chi connectivity index (χ0) is 20.3. The van der Waals surface area contributed by atoms with Gasteiger partial charge in [0.05, 0.1) is 11.2 Å². The van der Waals surface area contributed by atoms with Gasteiger partial charge in [-0.05, 0) is 51.3 Å². The number of fused-ring (bicyclic) bond motifs is 1. The number of anilines is 1. The third-order valence-corrected chi connectivity index (χ3v) is 4.45. The first-order valence-corrected chi connectivity index (χ1v) is 8.94. The first-order valence-electron chi connectivity index (χ1n) is 8.94. The summed E-state index contributed by atoms with van der Waals surface area (Å²) in [5, 5.41) is 12.5. The molecular formula is C21H22FN3O3. The molecule has 0 atom stereocenters. The topological polar surface area (TPSA) is 74.6 Å². The Morgan fingerprint density at radius 2 is 1.93 bits per heavy atom. The molecule has 3 aromatic rings. The van der Waals surface area contributed by atoms with Crippen LogP contribution in [0.3, 0.4) is 0 Å². The molecule has 0 unspecified atom stereocenters. The predicted molar refractivity (Wildman–Crippen MR) is 108 cm³/mol. The van der Waals surface area contributed by atoms with Crippen LogP contribution in [0.2, 0.25) is 0 Å². The minimum atomic E-state index is -1.34. The minimum Gasteiger partial charge on any atom is -0.477 e. The van der Waals surface area contributed by atoms with Gasteiger partial charge in [0, 0.05) is 23.8 Å². The van der Waals surface area contributed by atoms with Gasteiger partial charge in [0.2, 0.25) is 5.43 Å². The molecule has 146 valence electrons. The van der Waals surface area contributed by atoms with E-state index in [2.05, 4.69) is 5.32 Å². The molecule has 3 rings (SSSR count). The summed E-state index contributed by atoms with van der Waals surface area (Å²) >= 11 is 0. The fourth-order valence-corrected chi connectivity index (χ4v) is 3.05. The number of para-hydroxylation sites is 1. The summed E-state index contributed by atoms with van der Waals surface area (Å²) in [4.78, 5) is 26.1. The van der Waals surface area contributed by atoms with Crippen molar-refractivity contribution in [2.75, 3.05) is 32.5 Å². The van der Waals surface area contributed by atoms with E-state index in [0.29, 0.717) is 17.7 Å². The lowest BCUT2D eigenvalue weighted by Gasteiger charge is -2.15. The van der Waals surface area contributed by atoms with Crippen molar-refractivity contribution in [1.82, 2.24) is 9.47 Å². The molecule has 0 saturated heterocycles. The summed E-state index contributed by atoms with van der Waals surface area (Å²) in [6.07, 6.45) is 2.12. The standard InChI is InChI=1S/C21H22FN3O3/c1-24(2)10-6-9-23-18-12-19-15(11-17(18)22)20(26)16(21(27)28)13-25(19)14-7-4-3-5-8-14/h3-5,7-8,11-13,23H,6,9-10H2,1-2H3,(H,27,28). The second-order valence-corrected chi connectivity index (χ2v) is 6.82. The van der Waals surface area contributed by atoms with Crippen molar-refractivity contribution in [1.29, 1.82) is 0 Å². The number of hydrogen-bond donors (Lipinski definition) is 2. The molecule has 1 heterocycles. The fraction of sp³-hybridized carbons (Fsp3) is 0.238. The third kappa shape index (κ3) is 4.04. The number of benzene rings is 2. The molecule has 28 heavy (non-hydrogen) atoms. The predicted octanol–water partition coefficient (Wildman–Crippen LogP) is 3.19. The number of hydrogen-bond acceptors (Lipinski definition) is 4. The quantitative estimate of drug-likeness (QED) is 0.613. The zero-order valence-corrected chi connectivity index (χ0v) is 15.8. The van der Waals surface area contributed by atoms with Crippen LogP contribution in [0.25, 0.3) is 16.6 Å². The molecule has 0 spiro atoms. The van der Waals surface area contributed by atoms with E-state index < -0.39 is 22.8 Å². The normalized spacial score (nSPS) is 11.1. The van der Waals surface area contributed by atoms with Crippen LogP contribution in [0.5, 0.6) is 0 Å². The van der Waals surface area contributed by atoms with E-state index in [-0.39, 0.29) is 11.1 Å². The lowest BCUT2D eigenvalue weighted by Crippen LogP contribution is -2.19. The number of carbonyl (C=O) groups is 1. The van der Waals surface area contributed by atoms with Crippen LogP contribution in [-0.2, 0) is 0 Å². The van der Waals surface area contributed by atoms with E-state index in [4.69, 9.17) is 0 Å². The Morgan fingerprint density at radius 1 is 1.21 bits per heavy atom. The molecule has 0 amide bonds. The average molecular weight is 383 g/mol. The van der Waals surface area contributed by atoms with Crippen molar-refractivity contribution in [2.24, 2.45) is 0 Å². The fourth-order valence-electron chi connectivity index (χ4n) is 3.05. The van der Waals surface area contributed by atoms with Crippen LogP contribution < -0.4 is 10.7 Å². The maximum atomic E-state index is 14.6. The van der Waals surface area contributed by atoms with Gasteiger partial charge in [-0.15, -0.1) is 0 Å². The summed E-state index contributed by atoms with van der Waals surface area (Å²) < 4.78 is 16.2. The van der Waals surface area contributed by atoms with Gasteiger partial charge in [0.25, 0.3) is 0 Å². The number of aromatic carboxylic acids is 1. The molecule has 0 fully saturated rings. The molecule has 0 saturated carbocycles. The van der Waals surface area contributed by atoms with Gasteiger partial charge in [0.1, 0.15) is 11.4 Å². The molecular weight excluding hydrogens is 361 g/mol. The van der Waals surface area contributed by atoms with Crippen LogP contribution in [0.1, 0.15) is 16.8 Å². The summed E-state index contributed by atoms with van der Waals surface area (Å²) in [6, 6.07) is 11.7. The first-order chi connectivity index (χ1) is 13.4. The Bertz CT molecular complexity index is 1060. The Hall–Kier alpha value is -3.19. The van der Waals surface area contributed by atoms with Crippen molar-refractivity contribution in [3.63, 3.8) is 0 Å². The summed E-state index contributed by atoms with van der Waals surface area (Å²) in [7, 11) is 3.93. The molecule has 0 aliphatic rings. The maximum Gasteiger partial charge on any atom is 0.341 e. The molecule has 2 N–H and O–H groups in total. The second kappa shape index (κ2) is 8.22. The number of pyridine rings is 1. The van der Waals surface area contributed by atoms with Gasteiger partial charge in [-0.2, -0.15) is 0 Å². The number of nitrogens with zero attached hydrogens (tertiary/aromatic N) is 2. The average Bonchev–Trinajstić information content (AvgIpc) is 2.66. The lowest BCUT2D eigenvalue weighted by atomic mass is 10.1. The van der Waals surface area contributed by atoms with E-state index in [1.54, 1.807) is 22.8 Å². The van der Waals surface area contributed by atoms with Crippen LogP contribution in [-0.4, -0.2) is 47.7 Å². The minimum absolute atomic E-state index is 0.0279. The van der Waals surface area contributed by atoms with Gasteiger partial charge in [-0.3, -0.25) is 4.79 Å². The Morgan fingerprint density at radius 3 is 2.57 bits per heavy atom. The van der Waals surface area contributed by atoms with E-state index in [9.17, 15) is 19.1 Å². The third-order valence-electron chi connectivity index (χ3n) is 4.45. The van der Waals surface area contributed by atoms with Crippen LogP contribution in [0.4, 0.5) is 10.1 Å². The smallest absolute Gasteiger partial charge is 0.341 e. The zero-order valence-electron chi connectivity index (χ0n) is 15.8. The highest BCUT2D eigenvalue weighted by atomic mass is 19.1. The van der Waals surface area contributed by atoms with Crippen molar-refractivity contribution in [3.8, 4) is 5.69 Å². The number of halogens is 1. The van der Waals surface area contributed by atoms with Gasteiger partial charge in [0.15, 0.2) is 0 Å². The molecule has 0 aliphatic heterocycles. The number of carboxylic acids is 1.